The second kappa shape index (κ2) is 7.23. The lowest BCUT2D eigenvalue weighted by Crippen LogP contribution is -2.19. The van der Waals surface area contributed by atoms with Gasteiger partial charge in [0.1, 0.15) is 10.7 Å². The molecule has 0 aliphatic rings. The largest absolute Gasteiger partial charge is 0.364 e. The van der Waals surface area contributed by atoms with Crippen molar-refractivity contribution < 1.29 is 13.2 Å². The summed E-state index contributed by atoms with van der Waals surface area (Å²) in [5.41, 5.74) is 5.95. The number of primary amides is 1. The second-order valence-corrected chi connectivity index (χ2v) is 7.99. The molecule has 0 atom stereocenters. The molecule has 3 rings (SSSR count). The van der Waals surface area contributed by atoms with Gasteiger partial charge in [-0.2, -0.15) is 5.10 Å². The lowest BCUT2D eigenvalue weighted by Gasteiger charge is -2.16. The van der Waals surface area contributed by atoms with E-state index in [0.717, 1.165) is 6.26 Å². The maximum Gasteiger partial charge on any atom is 0.271 e. The Hall–Kier alpha value is -3.54. The van der Waals surface area contributed by atoms with Crippen molar-refractivity contribution in [1.29, 1.82) is 0 Å². The molecule has 3 heterocycles. The first-order valence-corrected chi connectivity index (χ1v) is 9.92. The molecular formula is C16H18N8O3S. The summed E-state index contributed by atoms with van der Waals surface area (Å²) >= 11 is 0. The van der Waals surface area contributed by atoms with Gasteiger partial charge in [-0.05, 0) is 19.1 Å². The van der Waals surface area contributed by atoms with Gasteiger partial charge in [-0.25, -0.2) is 13.4 Å². The molecule has 0 unspecified atom stereocenters. The van der Waals surface area contributed by atoms with Gasteiger partial charge in [-0.3, -0.25) is 9.48 Å². The highest BCUT2D eigenvalue weighted by Crippen LogP contribution is 2.30. The van der Waals surface area contributed by atoms with Gasteiger partial charge in [-0.1, -0.05) is 0 Å². The molecule has 0 saturated carbocycles. The predicted octanol–water partition coefficient (Wildman–Crippen LogP) is 0.903. The zero-order chi connectivity index (χ0) is 20.5. The predicted molar refractivity (Wildman–Crippen MR) is 102 cm³/mol. The average Bonchev–Trinajstić information content (AvgIpc) is 3.02. The van der Waals surface area contributed by atoms with Crippen molar-refractivity contribution >= 4 is 38.9 Å². The fraction of sp³-hybridized carbons (Fsp3) is 0.188. The standard InChI is InChI=1S/C16H18N8O3S/c1-9-12(20-16-10(28(3,26)27)5-4-7-18-16)13(14(17)25)21-22-15(9)19-11-6-8-24(2)23-11/h4-8H,1-3H3,(H2,17,25)(H2,18,19,20,22,23). The van der Waals surface area contributed by atoms with E-state index < -0.39 is 15.7 Å². The number of nitrogens with two attached hydrogens (primary N) is 1. The van der Waals surface area contributed by atoms with Gasteiger partial charge < -0.3 is 16.4 Å². The minimum atomic E-state index is -3.56. The Labute approximate surface area is 160 Å². The van der Waals surface area contributed by atoms with Crippen LogP contribution in [0.2, 0.25) is 0 Å². The summed E-state index contributed by atoms with van der Waals surface area (Å²) in [5.74, 6) is 0.0714. The smallest absolute Gasteiger partial charge is 0.271 e. The summed E-state index contributed by atoms with van der Waals surface area (Å²) < 4.78 is 25.7. The number of sulfone groups is 1. The average molecular weight is 402 g/mol. The maximum absolute atomic E-state index is 12.0. The van der Waals surface area contributed by atoms with Crippen molar-refractivity contribution in [2.75, 3.05) is 16.9 Å². The first-order valence-electron chi connectivity index (χ1n) is 8.02. The lowest BCUT2D eigenvalue weighted by molar-refractivity contribution is 0.0995. The van der Waals surface area contributed by atoms with Crippen molar-refractivity contribution in [3.63, 3.8) is 0 Å². The molecule has 0 bridgehead atoms. The summed E-state index contributed by atoms with van der Waals surface area (Å²) in [6.45, 7) is 1.68. The van der Waals surface area contributed by atoms with Gasteiger partial charge in [-0.15, -0.1) is 10.2 Å². The van der Waals surface area contributed by atoms with Crippen LogP contribution in [0.3, 0.4) is 0 Å². The number of carbonyl (C=O) groups is 1. The van der Waals surface area contributed by atoms with E-state index in [-0.39, 0.29) is 22.1 Å². The van der Waals surface area contributed by atoms with Crippen LogP contribution in [0.15, 0.2) is 35.5 Å². The van der Waals surface area contributed by atoms with Crippen LogP contribution in [-0.4, -0.2) is 45.5 Å². The molecule has 0 aromatic carbocycles. The van der Waals surface area contributed by atoms with Gasteiger partial charge in [0.25, 0.3) is 5.91 Å². The number of hydrogen-bond donors (Lipinski definition) is 3. The Bertz CT molecular complexity index is 1160. The van der Waals surface area contributed by atoms with Crippen LogP contribution in [0, 0.1) is 6.92 Å². The zero-order valence-electron chi connectivity index (χ0n) is 15.3. The Morgan fingerprint density at radius 2 is 1.93 bits per heavy atom. The van der Waals surface area contributed by atoms with Gasteiger partial charge in [0.15, 0.2) is 27.2 Å². The summed E-state index contributed by atoms with van der Waals surface area (Å²) in [5, 5.41) is 17.9. The molecule has 0 radical (unpaired) electrons. The Morgan fingerprint density at radius 1 is 1.18 bits per heavy atom. The summed E-state index contributed by atoms with van der Waals surface area (Å²) in [4.78, 5) is 15.9. The number of aryl methyl sites for hydroxylation is 1. The first kappa shape index (κ1) is 19.2. The summed E-state index contributed by atoms with van der Waals surface area (Å²) in [7, 11) is -1.80. The van der Waals surface area contributed by atoms with Gasteiger partial charge in [0.2, 0.25) is 0 Å². The van der Waals surface area contributed by atoms with Crippen LogP contribution < -0.4 is 16.4 Å². The van der Waals surface area contributed by atoms with Crippen LogP contribution in [0.25, 0.3) is 0 Å². The number of amides is 1. The molecular weight excluding hydrogens is 384 g/mol. The van der Waals surface area contributed by atoms with E-state index in [1.165, 1.54) is 18.3 Å². The number of carbonyl (C=O) groups excluding carboxylic acids is 1. The molecule has 146 valence electrons. The fourth-order valence-electron chi connectivity index (χ4n) is 2.47. The third kappa shape index (κ3) is 3.91. The van der Waals surface area contributed by atoms with E-state index in [1.807, 2.05) is 0 Å². The zero-order valence-corrected chi connectivity index (χ0v) is 16.1. The third-order valence-corrected chi connectivity index (χ3v) is 4.95. The molecule has 4 N–H and O–H groups in total. The molecule has 11 nitrogen and oxygen atoms in total. The molecule has 0 fully saturated rings. The molecule has 3 aromatic heterocycles. The number of pyridine rings is 1. The van der Waals surface area contributed by atoms with Crippen molar-refractivity contribution in [1.82, 2.24) is 25.0 Å². The molecule has 28 heavy (non-hydrogen) atoms. The van der Waals surface area contributed by atoms with E-state index in [2.05, 4.69) is 30.9 Å². The topological polar surface area (TPSA) is 158 Å². The Balaban J connectivity index is 2.09. The molecule has 0 saturated heterocycles. The Morgan fingerprint density at radius 3 is 2.54 bits per heavy atom. The molecule has 0 aliphatic carbocycles. The van der Waals surface area contributed by atoms with E-state index in [0.29, 0.717) is 17.2 Å². The van der Waals surface area contributed by atoms with Crippen molar-refractivity contribution in [2.45, 2.75) is 11.8 Å². The van der Waals surface area contributed by atoms with Gasteiger partial charge >= 0.3 is 0 Å². The molecule has 0 aliphatic heterocycles. The van der Waals surface area contributed by atoms with E-state index >= 15 is 0 Å². The number of nitrogens with zero attached hydrogens (tertiary/aromatic N) is 5. The first-order chi connectivity index (χ1) is 13.2. The highest BCUT2D eigenvalue weighted by Gasteiger charge is 2.21. The van der Waals surface area contributed by atoms with E-state index in [9.17, 15) is 13.2 Å². The summed E-state index contributed by atoms with van der Waals surface area (Å²) in [6, 6.07) is 4.64. The number of aromatic nitrogens is 5. The normalized spacial score (nSPS) is 11.2. The number of hydrogen-bond acceptors (Lipinski definition) is 9. The van der Waals surface area contributed by atoms with Crippen LogP contribution >= 0.6 is 0 Å². The van der Waals surface area contributed by atoms with Crippen molar-refractivity contribution in [2.24, 2.45) is 12.8 Å². The SMILES string of the molecule is Cc1c(Nc2ccn(C)n2)nnc(C(N)=O)c1Nc1ncccc1S(C)(=O)=O. The molecule has 3 aromatic rings. The molecule has 0 spiro atoms. The fourth-order valence-corrected chi connectivity index (χ4v) is 3.25. The van der Waals surface area contributed by atoms with Gasteiger partial charge in [0, 0.05) is 37.3 Å². The number of rotatable bonds is 6. The minimum Gasteiger partial charge on any atom is -0.364 e. The van der Waals surface area contributed by atoms with Crippen molar-refractivity contribution in [3.05, 3.63) is 41.9 Å². The maximum atomic E-state index is 12.0. The number of nitrogens with one attached hydrogen (secondary N) is 2. The molecule has 12 heteroatoms. The summed E-state index contributed by atoms with van der Waals surface area (Å²) in [6.07, 6.45) is 4.24. The van der Waals surface area contributed by atoms with Gasteiger partial charge in [0.05, 0.1) is 5.69 Å². The van der Waals surface area contributed by atoms with Crippen molar-refractivity contribution in [3.8, 4) is 0 Å². The quantitative estimate of drug-likeness (QED) is 0.544. The second-order valence-electron chi connectivity index (χ2n) is 6.01. The van der Waals surface area contributed by atoms with Crippen LogP contribution in [0.1, 0.15) is 16.1 Å². The third-order valence-electron chi connectivity index (χ3n) is 3.82. The monoisotopic (exact) mass is 402 g/mol. The highest BCUT2D eigenvalue weighted by atomic mass is 32.2. The molecule has 1 amide bonds. The van der Waals surface area contributed by atoms with Crippen LogP contribution in [0.5, 0.6) is 0 Å². The van der Waals surface area contributed by atoms with E-state index in [1.54, 1.807) is 30.9 Å². The number of anilines is 4. The van der Waals surface area contributed by atoms with E-state index in [4.69, 9.17) is 5.73 Å². The minimum absolute atomic E-state index is 0.0270. The van der Waals surface area contributed by atoms with Crippen LogP contribution in [-0.2, 0) is 16.9 Å². The van der Waals surface area contributed by atoms with Crippen LogP contribution in [0.4, 0.5) is 23.1 Å². The lowest BCUT2D eigenvalue weighted by atomic mass is 10.2. The highest BCUT2D eigenvalue weighted by molar-refractivity contribution is 7.90. The Kier molecular flexibility index (Phi) is 4.96.